The van der Waals surface area contributed by atoms with Gasteiger partial charge in [-0.25, -0.2) is 0 Å². The van der Waals surface area contributed by atoms with Crippen molar-refractivity contribution in [2.75, 3.05) is 19.8 Å². The maximum atomic E-state index is 12.0. The number of amides is 1. The number of carboxylic acid groups (broad SMARTS) is 1. The van der Waals surface area contributed by atoms with Gasteiger partial charge in [-0.15, -0.1) is 0 Å². The minimum atomic E-state index is -0.911. The molecule has 0 aromatic rings. The first-order chi connectivity index (χ1) is 9.02. The Bertz CT molecular complexity index is 351. The van der Waals surface area contributed by atoms with Crippen LogP contribution < -0.4 is 5.32 Å². The molecule has 1 saturated heterocycles. The van der Waals surface area contributed by atoms with E-state index in [1.54, 1.807) is 0 Å². The predicted octanol–water partition coefficient (Wildman–Crippen LogP) is 0.145. The van der Waals surface area contributed by atoms with Crippen LogP contribution in [-0.4, -0.2) is 47.4 Å². The zero-order chi connectivity index (χ0) is 13.9. The van der Waals surface area contributed by atoms with Gasteiger partial charge in [0, 0.05) is 32.6 Å². The molecule has 1 amide bonds. The summed E-state index contributed by atoms with van der Waals surface area (Å²) < 4.78 is 5.17. The van der Waals surface area contributed by atoms with Gasteiger partial charge in [-0.05, 0) is 12.8 Å². The Labute approximate surface area is 112 Å². The fourth-order valence-corrected chi connectivity index (χ4v) is 2.88. The molecule has 108 valence electrons. The maximum Gasteiger partial charge on any atom is 0.307 e. The van der Waals surface area contributed by atoms with Crippen LogP contribution in [0, 0.1) is 11.8 Å². The summed E-state index contributed by atoms with van der Waals surface area (Å²) in [7, 11) is 0. The number of hydrogen-bond acceptors (Lipinski definition) is 4. The van der Waals surface area contributed by atoms with E-state index in [-0.39, 0.29) is 12.5 Å². The molecule has 19 heavy (non-hydrogen) atoms. The second kappa shape index (κ2) is 5.88. The Hall–Kier alpha value is -1.14. The maximum absolute atomic E-state index is 12.0. The van der Waals surface area contributed by atoms with Gasteiger partial charge in [0.2, 0.25) is 5.91 Å². The molecule has 2 rings (SSSR count). The summed E-state index contributed by atoms with van der Waals surface area (Å²) in [6, 6.07) is 0. The number of aliphatic hydroxyl groups is 1. The quantitative estimate of drug-likeness (QED) is 0.676. The molecule has 1 heterocycles. The van der Waals surface area contributed by atoms with E-state index in [1.807, 2.05) is 0 Å². The van der Waals surface area contributed by atoms with Gasteiger partial charge >= 0.3 is 5.97 Å². The van der Waals surface area contributed by atoms with Crippen LogP contribution in [0.1, 0.15) is 32.1 Å². The lowest BCUT2D eigenvalue weighted by Crippen LogP contribution is -2.48. The fourth-order valence-electron chi connectivity index (χ4n) is 2.88. The molecule has 3 N–H and O–H groups in total. The number of carbonyl (C=O) groups is 2. The van der Waals surface area contributed by atoms with Crippen molar-refractivity contribution in [2.45, 2.75) is 37.7 Å². The topological polar surface area (TPSA) is 95.9 Å². The van der Waals surface area contributed by atoms with Crippen molar-refractivity contribution >= 4 is 11.9 Å². The number of rotatable bonds is 4. The lowest BCUT2D eigenvalue weighted by atomic mass is 9.92. The average molecular weight is 271 g/mol. The molecule has 2 fully saturated rings. The minimum absolute atomic E-state index is 0.179. The normalized spacial score (nSPS) is 29.9. The number of hydrogen-bond donors (Lipinski definition) is 3. The fraction of sp³-hybridized carbons (Fsp3) is 0.846. The number of aliphatic carboxylic acids is 1. The first kappa shape index (κ1) is 14.3. The zero-order valence-corrected chi connectivity index (χ0v) is 10.9. The Morgan fingerprint density at radius 2 is 1.84 bits per heavy atom. The summed E-state index contributed by atoms with van der Waals surface area (Å²) >= 11 is 0. The van der Waals surface area contributed by atoms with Gasteiger partial charge in [-0.1, -0.05) is 6.42 Å². The summed E-state index contributed by atoms with van der Waals surface area (Å²) in [6.07, 6.45) is 2.95. The monoisotopic (exact) mass is 271 g/mol. The van der Waals surface area contributed by atoms with Crippen molar-refractivity contribution < 1.29 is 24.5 Å². The Kier molecular flexibility index (Phi) is 4.42. The molecule has 0 bridgehead atoms. The highest BCUT2D eigenvalue weighted by molar-refractivity contribution is 5.85. The summed E-state index contributed by atoms with van der Waals surface area (Å²) in [5.41, 5.74) is -0.911. The summed E-state index contributed by atoms with van der Waals surface area (Å²) in [6.45, 7) is 1.17. The van der Waals surface area contributed by atoms with E-state index in [9.17, 15) is 14.7 Å². The molecule has 2 aliphatic rings. The molecule has 0 radical (unpaired) electrons. The molecule has 0 spiro atoms. The van der Waals surface area contributed by atoms with Crippen LogP contribution in [0.3, 0.4) is 0 Å². The third kappa shape index (κ3) is 3.45. The van der Waals surface area contributed by atoms with E-state index >= 15 is 0 Å². The Balaban J connectivity index is 1.85. The SMILES string of the molecule is O=C(O)[C@H]1CCC[C@H]1C(=O)NCC1(O)CCOCC1. The summed E-state index contributed by atoms with van der Waals surface area (Å²) in [5, 5.41) is 22.0. The molecule has 0 aromatic carbocycles. The predicted molar refractivity (Wildman–Crippen MR) is 66.5 cm³/mol. The van der Waals surface area contributed by atoms with Crippen LogP contribution in [-0.2, 0) is 14.3 Å². The molecule has 6 nitrogen and oxygen atoms in total. The van der Waals surface area contributed by atoms with E-state index in [4.69, 9.17) is 9.84 Å². The lowest BCUT2D eigenvalue weighted by Gasteiger charge is -2.32. The summed E-state index contributed by atoms with van der Waals surface area (Å²) in [5.74, 6) is -2.18. The van der Waals surface area contributed by atoms with E-state index in [0.29, 0.717) is 38.9 Å². The smallest absolute Gasteiger partial charge is 0.307 e. The first-order valence-electron chi connectivity index (χ1n) is 6.82. The van der Waals surface area contributed by atoms with Crippen LogP contribution in [0.5, 0.6) is 0 Å². The first-order valence-corrected chi connectivity index (χ1v) is 6.82. The standard InChI is InChI=1S/C13H21NO5/c15-11(9-2-1-3-10(9)12(16)17)14-8-13(18)4-6-19-7-5-13/h9-10,18H,1-8H2,(H,14,15)(H,16,17)/t9-,10+/m1/s1. The lowest BCUT2D eigenvalue weighted by molar-refractivity contribution is -0.146. The molecular weight excluding hydrogens is 250 g/mol. The van der Waals surface area contributed by atoms with Crippen molar-refractivity contribution in [1.82, 2.24) is 5.32 Å². The third-order valence-corrected chi connectivity index (χ3v) is 4.19. The molecule has 1 aliphatic carbocycles. The van der Waals surface area contributed by atoms with Crippen molar-refractivity contribution in [2.24, 2.45) is 11.8 Å². The van der Waals surface area contributed by atoms with Crippen molar-refractivity contribution in [1.29, 1.82) is 0 Å². The van der Waals surface area contributed by atoms with E-state index in [1.165, 1.54) is 0 Å². The van der Waals surface area contributed by atoms with Crippen molar-refractivity contribution in [3.63, 3.8) is 0 Å². The number of carbonyl (C=O) groups excluding carboxylic acids is 1. The minimum Gasteiger partial charge on any atom is -0.481 e. The van der Waals surface area contributed by atoms with Crippen LogP contribution in [0.4, 0.5) is 0 Å². The molecule has 0 aromatic heterocycles. The van der Waals surface area contributed by atoms with Gasteiger partial charge < -0.3 is 20.3 Å². The molecule has 2 atom stereocenters. The van der Waals surface area contributed by atoms with Crippen LogP contribution >= 0.6 is 0 Å². The largest absolute Gasteiger partial charge is 0.481 e. The molecule has 1 aliphatic heterocycles. The molecule has 0 unspecified atom stereocenters. The van der Waals surface area contributed by atoms with Gasteiger partial charge in [-0.3, -0.25) is 9.59 Å². The number of ether oxygens (including phenoxy) is 1. The average Bonchev–Trinajstić information content (AvgIpc) is 2.86. The molecule has 6 heteroatoms. The number of nitrogens with one attached hydrogen (secondary N) is 1. The van der Waals surface area contributed by atoms with Gasteiger partial charge in [0.1, 0.15) is 0 Å². The van der Waals surface area contributed by atoms with Gasteiger partial charge in [0.25, 0.3) is 0 Å². The number of carboxylic acids is 1. The van der Waals surface area contributed by atoms with Gasteiger partial charge in [0.15, 0.2) is 0 Å². The van der Waals surface area contributed by atoms with Crippen LogP contribution in [0.15, 0.2) is 0 Å². The van der Waals surface area contributed by atoms with Gasteiger partial charge in [-0.2, -0.15) is 0 Å². The second-order valence-electron chi connectivity index (χ2n) is 5.54. The van der Waals surface area contributed by atoms with E-state index < -0.39 is 23.4 Å². The van der Waals surface area contributed by atoms with Crippen LogP contribution in [0.25, 0.3) is 0 Å². The van der Waals surface area contributed by atoms with Crippen molar-refractivity contribution in [3.05, 3.63) is 0 Å². The highest BCUT2D eigenvalue weighted by Gasteiger charge is 2.38. The van der Waals surface area contributed by atoms with E-state index in [0.717, 1.165) is 6.42 Å². The van der Waals surface area contributed by atoms with E-state index in [2.05, 4.69) is 5.32 Å². The van der Waals surface area contributed by atoms with Crippen molar-refractivity contribution in [3.8, 4) is 0 Å². The molecular formula is C13H21NO5. The van der Waals surface area contributed by atoms with Crippen LogP contribution in [0.2, 0.25) is 0 Å². The zero-order valence-electron chi connectivity index (χ0n) is 10.9. The van der Waals surface area contributed by atoms with Gasteiger partial charge in [0.05, 0.1) is 17.4 Å². The second-order valence-corrected chi connectivity index (χ2v) is 5.54. The Morgan fingerprint density at radius 1 is 1.21 bits per heavy atom. The molecule has 1 saturated carbocycles. The highest BCUT2D eigenvalue weighted by atomic mass is 16.5. The Morgan fingerprint density at radius 3 is 2.47 bits per heavy atom. The highest BCUT2D eigenvalue weighted by Crippen LogP contribution is 2.32. The summed E-state index contributed by atoms with van der Waals surface area (Å²) in [4.78, 5) is 23.1. The third-order valence-electron chi connectivity index (χ3n) is 4.19.